The van der Waals surface area contributed by atoms with Crippen LogP contribution in [0.15, 0.2) is 54.6 Å². The lowest BCUT2D eigenvalue weighted by Crippen LogP contribution is -2.28. The number of hydrogen-bond donors (Lipinski definition) is 1. The van der Waals surface area contributed by atoms with Crippen LogP contribution in [0.2, 0.25) is 0 Å². The SMILES string of the molecule is Cc1ccccc1C1OC(C)(c2ccccc2)OC1C(=O)O. The summed E-state index contributed by atoms with van der Waals surface area (Å²) in [6.07, 6.45) is -1.67. The zero-order chi connectivity index (χ0) is 15.7. The Labute approximate surface area is 129 Å². The van der Waals surface area contributed by atoms with Crippen molar-refractivity contribution in [3.63, 3.8) is 0 Å². The number of hydrogen-bond acceptors (Lipinski definition) is 3. The van der Waals surface area contributed by atoms with Crippen molar-refractivity contribution in [3.05, 3.63) is 71.3 Å². The molecule has 4 nitrogen and oxygen atoms in total. The number of aryl methyl sites for hydroxylation is 1. The van der Waals surface area contributed by atoms with E-state index in [1.54, 1.807) is 6.92 Å². The first-order valence-corrected chi connectivity index (χ1v) is 7.21. The van der Waals surface area contributed by atoms with E-state index in [-0.39, 0.29) is 0 Å². The number of carboxylic acid groups (broad SMARTS) is 1. The van der Waals surface area contributed by atoms with E-state index in [0.717, 1.165) is 16.7 Å². The zero-order valence-electron chi connectivity index (χ0n) is 12.5. The Kier molecular flexibility index (Phi) is 3.72. The van der Waals surface area contributed by atoms with Gasteiger partial charge in [-0.2, -0.15) is 0 Å². The van der Waals surface area contributed by atoms with Crippen LogP contribution in [0.1, 0.15) is 29.7 Å². The lowest BCUT2D eigenvalue weighted by molar-refractivity contribution is -0.179. The lowest BCUT2D eigenvalue weighted by Gasteiger charge is -2.23. The molecule has 0 amide bonds. The molecule has 114 valence electrons. The normalized spacial score (nSPS) is 27.7. The molecule has 3 atom stereocenters. The maximum Gasteiger partial charge on any atom is 0.336 e. The average molecular weight is 298 g/mol. The summed E-state index contributed by atoms with van der Waals surface area (Å²) in [7, 11) is 0. The van der Waals surface area contributed by atoms with Crippen LogP contribution in [0.3, 0.4) is 0 Å². The van der Waals surface area contributed by atoms with Gasteiger partial charge in [0.25, 0.3) is 0 Å². The van der Waals surface area contributed by atoms with Gasteiger partial charge in [0.15, 0.2) is 11.9 Å². The van der Waals surface area contributed by atoms with Crippen LogP contribution < -0.4 is 0 Å². The van der Waals surface area contributed by atoms with Crippen LogP contribution in [-0.2, 0) is 20.1 Å². The second-order valence-electron chi connectivity index (χ2n) is 5.58. The van der Waals surface area contributed by atoms with E-state index in [1.807, 2.05) is 61.5 Å². The minimum absolute atomic E-state index is 0.635. The molecule has 2 aromatic carbocycles. The first-order chi connectivity index (χ1) is 10.5. The van der Waals surface area contributed by atoms with Crippen LogP contribution in [0.5, 0.6) is 0 Å². The minimum atomic E-state index is -1.07. The molecule has 1 heterocycles. The molecule has 0 aliphatic carbocycles. The highest BCUT2D eigenvalue weighted by Crippen LogP contribution is 2.44. The summed E-state index contributed by atoms with van der Waals surface area (Å²) in [4.78, 5) is 11.6. The molecular weight excluding hydrogens is 280 g/mol. The molecule has 3 unspecified atom stereocenters. The summed E-state index contributed by atoms with van der Waals surface area (Å²) in [6, 6.07) is 17.0. The Morgan fingerprint density at radius 1 is 1.05 bits per heavy atom. The van der Waals surface area contributed by atoms with Gasteiger partial charge in [-0.1, -0.05) is 54.6 Å². The highest BCUT2D eigenvalue weighted by molar-refractivity contribution is 5.74. The molecule has 0 saturated carbocycles. The number of ether oxygens (including phenoxy) is 2. The van der Waals surface area contributed by atoms with Gasteiger partial charge in [-0.05, 0) is 25.0 Å². The van der Waals surface area contributed by atoms with Crippen molar-refractivity contribution in [1.29, 1.82) is 0 Å². The summed E-state index contributed by atoms with van der Waals surface area (Å²) in [5, 5.41) is 9.51. The lowest BCUT2D eigenvalue weighted by atomic mass is 10.00. The van der Waals surface area contributed by atoms with Crippen molar-refractivity contribution in [3.8, 4) is 0 Å². The molecule has 0 aromatic heterocycles. The molecule has 3 rings (SSSR count). The standard InChI is InChI=1S/C18H18O4/c1-12-8-6-7-11-14(12)15-16(17(19)20)22-18(2,21-15)13-9-4-3-5-10-13/h3-11,15-16H,1-2H3,(H,19,20). The third-order valence-corrected chi connectivity index (χ3v) is 4.02. The average Bonchev–Trinajstić information content (AvgIpc) is 2.88. The molecule has 1 aliphatic rings. The zero-order valence-corrected chi connectivity index (χ0v) is 12.5. The van der Waals surface area contributed by atoms with Gasteiger partial charge in [-0.25, -0.2) is 4.79 Å². The van der Waals surface area contributed by atoms with E-state index < -0.39 is 24.0 Å². The van der Waals surface area contributed by atoms with Crippen molar-refractivity contribution >= 4 is 5.97 Å². The van der Waals surface area contributed by atoms with Crippen molar-refractivity contribution in [2.75, 3.05) is 0 Å². The van der Waals surface area contributed by atoms with Crippen molar-refractivity contribution in [2.45, 2.75) is 31.8 Å². The minimum Gasteiger partial charge on any atom is -0.479 e. The fraction of sp³-hybridized carbons (Fsp3) is 0.278. The summed E-state index contributed by atoms with van der Waals surface area (Å²) < 4.78 is 11.9. The Bertz CT molecular complexity index is 682. The van der Waals surface area contributed by atoms with Crippen LogP contribution in [-0.4, -0.2) is 17.2 Å². The fourth-order valence-corrected chi connectivity index (χ4v) is 2.83. The van der Waals surface area contributed by atoms with E-state index in [1.165, 1.54) is 0 Å². The fourth-order valence-electron chi connectivity index (χ4n) is 2.83. The van der Waals surface area contributed by atoms with E-state index in [0.29, 0.717) is 0 Å². The highest BCUT2D eigenvalue weighted by atomic mass is 16.8. The molecule has 1 aliphatic heterocycles. The summed E-state index contributed by atoms with van der Waals surface area (Å²) in [6.45, 7) is 3.70. The third kappa shape index (κ3) is 2.51. The molecule has 4 heteroatoms. The van der Waals surface area contributed by atoms with E-state index in [4.69, 9.17) is 9.47 Å². The number of carboxylic acids is 1. The van der Waals surface area contributed by atoms with Gasteiger partial charge < -0.3 is 14.6 Å². The second kappa shape index (κ2) is 5.55. The monoisotopic (exact) mass is 298 g/mol. The number of carbonyl (C=O) groups is 1. The predicted octanol–water partition coefficient (Wildman–Crippen LogP) is 3.41. The first-order valence-electron chi connectivity index (χ1n) is 7.21. The molecule has 0 bridgehead atoms. The Balaban J connectivity index is 2.01. The van der Waals surface area contributed by atoms with Crippen molar-refractivity contribution < 1.29 is 19.4 Å². The van der Waals surface area contributed by atoms with Crippen LogP contribution >= 0.6 is 0 Å². The maximum atomic E-state index is 11.6. The Morgan fingerprint density at radius 3 is 2.32 bits per heavy atom. The number of rotatable bonds is 3. The Morgan fingerprint density at radius 2 is 1.68 bits per heavy atom. The summed E-state index contributed by atoms with van der Waals surface area (Å²) in [5.41, 5.74) is 2.63. The van der Waals surface area contributed by atoms with Crippen LogP contribution in [0.25, 0.3) is 0 Å². The predicted molar refractivity (Wildman–Crippen MR) is 81.3 cm³/mol. The summed E-state index contributed by atoms with van der Waals surface area (Å²) in [5.74, 6) is -2.09. The van der Waals surface area contributed by atoms with E-state index in [2.05, 4.69) is 0 Å². The molecule has 1 N–H and O–H groups in total. The van der Waals surface area contributed by atoms with Gasteiger partial charge in [0.2, 0.25) is 0 Å². The van der Waals surface area contributed by atoms with E-state index in [9.17, 15) is 9.90 Å². The second-order valence-corrected chi connectivity index (χ2v) is 5.58. The Hall–Kier alpha value is -2.17. The van der Waals surface area contributed by atoms with Gasteiger partial charge in [0, 0.05) is 5.56 Å². The van der Waals surface area contributed by atoms with Gasteiger partial charge in [0.1, 0.15) is 6.10 Å². The molecule has 22 heavy (non-hydrogen) atoms. The first kappa shape index (κ1) is 14.8. The quantitative estimate of drug-likeness (QED) is 0.943. The van der Waals surface area contributed by atoms with Gasteiger partial charge in [-0.3, -0.25) is 0 Å². The smallest absolute Gasteiger partial charge is 0.336 e. The largest absolute Gasteiger partial charge is 0.479 e. The van der Waals surface area contributed by atoms with E-state index >= 15 is 0 Å². The van der Waals surface area contributed by atoms with Crippen LogP contribution in [0, 0.1) is 6.92 Å². The number of aliphatic carboxylic acids is 1. The molecule has 2 aromatic rings. The topological polar surface area (TPSA) is 55.8 Å². The molecule has 1 fully saturated rings. The maximum absolute atomic E-state index is 11.6. The third-order valence-electron chi connectivity index (χ3n) is 4.02. The molecule has 0 spiro atoms. The van der Waals surface area contributed by atoms with Gasteiger partial charge >= 0.3 is 5.97 Å². The molecular formula is C18H18O4. The molecule has 1 saturated heterocycles. The summed E-state index contributed by atoms with van der Waals surface area (Å²) >= 11 is 0. The molecule has 0 radical (unpaired) electrons. The highest BCUT2D eigenvalue weighted by Gasteiger charge is 2.49. The van der Waals surface area contributed by atoms with Crippen LogP contribution in [0.4, 0.5) is 0 Å². The van der Waals surface area contributed by atoms with Crippen molar-refractivity contribution in [2.24, 2.45) is 0 Å². The number of benzene rings is 2. The van der Waals surface area contributed by atoms with Crippen molar-refractivity contribution in [1.82, 2.24) is 0 Å². The van der Waals surface area contributed by atoms with Gasteiger partial charge in [-0.15, -0.1) is 0 Å². The van der Waals surface area contributed by atoms with Gasteiger partial charge in [0.05, 0.1) is 0 Å².